The van der Waals surface area contributed by atoms with E-state index in [0.29, 0.717) is 5.75 Å². The first-order chi connectivity index (χ1) is 15.4. The highest BCUT2D eigenvalue weighted by Crippen LogP contribution is 2.30. The number of alkyl carbamates (subject to hydrolysis) is 1. The number of carboxylic acid groups (broad SMARTS) is 1. The number of hydrogen-bond donors (Lipinski definition) is 3. The molecule has 1 heterocycles. The number of nitrogens with one attached hydrogen (secondary N) is 2. The first-order valence-corrected chi connectivity index (χ1v) is 11.2. The fraction of sp³-hybridized carbons (Fsp3) is 0.348. The van der Waals surface area contributed by atoms with Crippen LogP contribution in [0.15, 0.2) is 60.7 Å². The molecule has 0 saturated carbocycles. The average molecular weight is 459 g/mol. The zero-order valence-corrected chi connectivity index (χ0v) is 18.5. The summed E-state index contributed by atoms with van der Waals surface area (Å²) in [7, 11) is 1.31. The summed E-state index contributed by atoms with van der Waals surface area (Å²) >= 11 is 1.42. The van der Waals surface area contributed by atoms with Crippen molar-refractivity contribution in [1.29, 1.82) is 0 Å². The van der Waals surface area contributed by atoms with Crippen LogP contribution in [0.5, 0.6) is 0 Å². The first kappa shape index (κ1) is 23.6. The molecule has 32 heavy (non-hydrogen) atoms. The van der Waals surface area contributed by atoms with Crippen LogP contribution in [0, 0.1) is 0 Å². The number of thioether (sulfide) groups is 1. The summed E-state index contributed by atoms with van der Waals surface area (Å²) in [5, 5.41) is 15.5. The highest BCUT2D eigenvalue weighted by atomic mass is 32.2. The van der Waals surface area contributed by atoms with Gasteiger partial charge in [0.15, 0.2) is 0 Å². The predicted molar refractivity (Wildman–Crippen MR) is 120 cm³/mol. The molecule has 1 amide bonds. The lowest BCUT2D eigenvalue weighted by atomic mass is 9.87. The van der Waals surface area contributed by atoms with Gasteiger partial charge in [-0.3, -0.25) is 10.1 Å². The summed E-state index contributed by atoms with van der Waals surface area (Å²) in [5.41, 5.74) is -0.0866. The third-order valence-corrected chi connectivity index (χ3v) is 6.41. The van der Waals surface area contributed by atoms with E-state index >= 15 is 0 Å². The van der Waals surface area contributed by atoms with Crippen LogP contribution in [0.1, 0.15) is 17.5 Å². The Kier molecular flexibility index (Phi) is 8.13. The smallest absolute Gasteiger partial charge is 0.408 e. The molecule has 3 N–H and O–H groups in total. The molecule has 1 aliphatic heterocycles. The van der Waals surface area contributed by atoms with Gasteiger partial charge in [0.05, 0.1) is 12.5 Å². The minimum Gasteiger partial charge on any atom is -0.479 e. The number of benzene rings is 2. The number of rotatable bonds is 9. The number of aliphatic carboxylic acids is 1. The lowest BCUT2D eigenvalue weighted by Gasteiger charge is -2.32. The molecule has 8 nitrogen and oxygen atoms in total. The molecular formula is C23H26N2O6S. The second-order valence-electron chi connectivity index (χ2n) is 7.50. The molecule has 9 heteroatoms. The number of carbonyl (C=O) groups is 3. The van der Waals surface area contributed by atoms with Crippen LogP contribution >= 0.6 is 11.8 Å². The van der Waals surface area contributed by atoms with Crippen molar-refractivity contribution in [2.45, 2.75) is 36.4 Å². The second-order valence-corrected chi connectivity index (χ2v) is 8.74. The van der Waals surface area contributed by atoms with E-state index in [-0.39, 0.29) is 24.8 Å². The van der Waals surface area contributed by atoms with E-state index in [0.717, 1.165) is 11.1 Å². The number of amides is 1. The number of methoxy groups -OCH3 is 1. The van der Waals surface area contributed by atoms with Gasteiger partial charge in [0.1, 0.15) is 18.2 Å². The van der Waals surface area contributed by atoms with E-state index in [1.807, 2.05) is 48.5 Å². The summed E-state index contributed by atoms with van der Waals surface area (Å²) in [6.07, 6.45) is -0.708. The van der Waals surface area contributed by atoms with Gasteiger partial charge >= 0.3 is 18.0 Å². The largest absolute Gasteiger partial charge is 0.479 e. The van der Waals surface area contributed by atoms with E-state index in [9.17, 15) is 19.5 Å². The summed E-state index contributed by atoms with van der Waals surface area (Å²) < 4.78 is 10.1. The Hall–Kier alpha value is -3.04. The topological polar surface area (TPSA) is 114 Å². The van der Waals surface area contributed by atoms with Crippen LogP contribution in [0.3, 0.4) is 0 Å². The van der Waals surface area contributed by atoms with Gasteiger partial charge in [-0.05, 0) is 11.1 Å². The number of esters is 1. The third-order valence-electron chi connectivity index (χ3n) is 5.18. The fourth-order valence-electron chi connectivity index (χ4n) is 3.53. The van der Waals surface area contributed by atoms with Crippen molar-refractivity contribution >= 4 is 29.8 Å². The molecule has 0 aliphatic carbocycles. The van der Waals surface area contributed by atoms with Gasteiger partial charge in [-0.25, -0.2) is 9.59 Å². The maximum Gasteiger partial charge on any atom is 0.408 e. The maximum absolute atomic E-state index is 12.6. The second kappa shape index (κ2) is 11.0. The Morgan fingerprint density at radius 1 is 1.09 bits per heavy atom. The summed E-state index contributed by atoms with van der Waals surface area (Å²) in [5.74, 6) is -1.13. The standard InChI is InChI=1S/C23H26N2O6S/c1-30-20(26)18-15-32-19(24-18)13-23(21(27)28,12-16-8-4-2-5-9-16)25-22(29)31-14-17-10-6-3-7-11-17/h2-11,18-19,24H,12-15H2,1H3,(H,25,29)(H,27,28)/t18-,19?,23-/m1/s1. The van der Waals surface area contributed by atoms with Crippen LogP contribution in [0.4, 0.5) is 4.79 Å². The SMILES string of the molecule is COC(=O)[C@H]1CSC(C[C@@](Cc2ccccc2)(NC(=O)OCc2ccccc2)C(=O)O)N1. The highest BCUT2D eigenvalue weighted by Gasteiger charge is 2.45. The van der Waals surface area contributed by atoms with E-state index < -0.39 is 29.6 Å². The molecule has 1 aliphatic rings. The van der Waals surface area contributed by atoms with Gasteiger partial charge in [0.25, 0.3) is 0 Å². The molecule has 2 aromatic carbocycles. The van der Waals surface area contributed by atoms with Gasteiger partial charge in [-0.15, -0.1) is 11.8 Å². The van der Waals surface area contributed by atoms with E-state index in [1.54, 1.807) is 12.1 Å². The van der Waals surface area contributed by atoms with Crippen molar-refractivity contribution in [3.63, 3.8) is 0 Å². The number of hydrogen-bond acceptors (Lipinski definition) is 7. The number of ether oxygens (including phenoxy) is 2. The molecule has 3 rings (SSSR count). The van der Waals surface area contributed by atoms with Crippen LogP contribution in [0.25, 0.3) is 0 Å². The zero-order chi connectivity index (χ0) is 23.0. The molecular weight excluding hydrogens is 432 g/mol. The minimum atomic E-state index is -1.63. The quantitative estimate of drug-likeness (QED) is 0.492. The summed E-state index contributed by atoms with van der Waals surface area (Å²) in [6.45, 7) is 0.0224. The molecule has 1 fully saturated rings. The fourth-order valence-corrected chi connectivity index (χ4v) is 4.85. The number of carboxylic acids is 1. The average Bonchev–Trinajstić information content (AvgIpc) is 3.26. The third kappa shape index (κ3) is 6.24. The summed E-state index contributed by atoms with van der Waals surface area (Å²) in [6, 6.07) is 17.7. The van der Waals surface area contributed by atoms with Gasteiger partial charge in [0.2, 0.25) is 0 Å². The lowest BCUT2D eigenvalue weighted by molar-refractivity contribution is -0.145. The Bertz CT molecular complexity index is 927. The Balaban J connectivity index is 1.76. The highest BCUT2D eigenvalue weighted by molar-refractivity contribution is 8.00. The van der Waals surface area contributed by atoms with Gasteiger partial charge in [-0.1, -0.05) is 60.7 Å². The summed E-state index contributed by atoms with van der Waals surface area (Å²) in [4.78, 5) is 37.0. The lowest BCUT2D eigenvalue weighted by Crippen LogP contribution is -2.58. The normalized spacial score (nSPS) is 19.5. The van der Waals surface area contributed by atoms with Crippen LogP contribution < -0.4 is 10.6 Å². The van der Waals surface area contributed by atoms with Crippen molar-refractivity contribution in [2.75, 3.05) is 12.9 Å². The van der Waals surface area contributed by atoms with Crippen molar-refractivity contribution in [3.8, 4) is 0 Å². The van der Waals surface area contributed by atoms with Crippen molar-refractivity contribution in [2.24, 2.45) is 0 Å². The Morgan fingerprint density at radius 3 is 2.31 bits per heavy atom. The monoisotopic (exact) mass is 458 g/mol. The number of carbonyl (C=O) groups excluding carboxylic acids is 2. The van der Waals surface area contributed by atoms with Crippen LogP contribution in [-0.2, 0) is 32.1 Å². The van der Waals surface area contributed by atoms with Crippen molar-refractivity contribution in [3.05, 3.63) is 71.8 Å². The minimum absolute atomic E-state index is 0.0224. The molecule has 1 unspecified atom stereocenters. The van der Waals surface area contributed by atoms with E-state index in [2.05, 4.69) is 10.6 Å². The maximum atomic E-state index is 12.6. The molecule has 0 aromatic heterocycles. The van der Waals surface area contributed by atoms with E-state index in [1.165, 1.54) is 18.9 Å². The Labute approximate surface area is 190 Å². The van der Waals surface area contributed by atoms with Crippen LogP contribution in [0.2, 0.25) is 0 Å². The molecule has 0 bridgehead atoms. The molecule has 0 radical (unpaired) electrons. The van der Waals surface area contributed by atoms with E-state index in [4.69, 9.17) is 9.47 Å². The van der Waals surface area contributed by atoms with Gasteiger partial charge in [-0.2, -0.15) is 0 Å². The Morgan fingerprint density at radius 2 is 1.72 bits per heavy atom. The molecule has 2 aromatic rings. The first-order valence-electron chi connectivity index (χ1n) is 10.1. The van der Waals surface area contributed by atoms with Gasteiger partial charge < -0.3 is 19.9 Å². The van der Waals surface area contributed by atoms with Gasteiger partial charge in [0, 0.05) is 18.6 Å². The van der Waals surface area contributed by atoms with Crippen LogP contribution in [-0.4, -0.2) is 53.0 Å². The molecule has 1 saturated heterocycles. The molecule has 0 spiro atoms. The molecule has 3 atom stereocenters. The predicted octanol–water partition coefficient (Wildman–Crippen LogP) is 2.57. The molecule has 170 valence electrons. The zero-order valence-electron chi connectivity index (χ0n) is 17.7. The van der Waals surface area contributed by atoms with Crippen molar-refractivity contribution < 1.29 is 29.0 Å². The van der Waals surface area contributed by atoms with Crippen molar-refractivity contribution in [1.82, 2.24) is 10.6 Å².